The molecule has 0 N–H and O–H groups in total. The number of benzene rings is 1. The summed E-state index contributed by atoms with van der Waals surface area (Å²) in [5, 5.41) is 3.80. The van der Waals surface area contributed by atoms with E-state index >= 15 is 0 Å². The first-order valence-electron chi connectivity index (χ1n) is 10.4. The van der Waals surface area contributed by atoms with Crippen LogP contribution >= 0.6 is 0 Å². The maximum atomic E-state index is 13.4. The van der Waals surface area contributed by atoms with Gasteiger partial charge in [0.1, 0.15) is 11.1 Å². The van der Waals surface area contributed by atoms with Crippen molar-refractivity contribution in [3.05, 3.63) is 47.5 Å². The van der Waals surface area contributed by atoms with Gasteiger partial charge in [-0.25, -0.2) is 4.98 Å². The summed E-state index contributed by atoms with van der Waals surface area (Å²) in [6.07, 6.45) is -2.23. The zero-order chi connectivity index (χ0) is 24.7. The van der Waals surface area contributed by atoms with Gasteiger partial charge in [-0.2, -0.15) is 26.6 Å². The Kier molecular flexibility index (Phi) is 6.11. The first kappa shape index (κ1) is 23.7. The van der Waals surface area contributed by atoms with Crippen molar-refractivity contribution in [1.29, 1.82) is 0 Å². The fourth-order valence-corrected chi connectivity index (χ4v) is 3.90. The molecule has 3 aromatic heterocycles. The van der Waals surface area contributed by atoms with Crippen LogP contribution in [0.15, 0.2) is 35.0 Å². The minimum Gasteiger partial charge on any atom is -0.338 e. The predicted molar refractivity (Wildman–Crippen MR) is 117 cm³/mol. The number of hydrogen-bond acceptors (Lipinski definition) is 7. The average molecular weight is 491 g/mol. The summed E-state index contributed by atoms with van der Waals surface area (Å²) < 4.78 is 63.6. The summed E-state index contributed by atoms with van der Waals surface area (Å²) in [5.41, 5.74) is 3.15. The van der Waals surface area contributed by atoms with Gasteiger partial charge < -0.3 is 9.09 Å². The van der Waals surface area contributed by atoms with Crippen molar-refractivity contribution >= 4 is 22.6 Å². The maximum absolute atomic E-state index is 13.4. The quantitative estimate of drug-likeness (QED) is 0.415. The maximum Gasteiger partial charge on any atom is 0.403 e. The Balaban J connectivity index is 0.000000868. The molecule has 3 heterocycles. The van der Waals surface area contributed by atoms with Crippen LogP contribution in [0.25, 0.3) is 33.9 Å². The van der Waals surface area contributed by atoms with E-state index in [0.717, 1.165) is 33.7 Å². The third-order valence-corrected chi connectivity index (χ3v) is 5.98. The van der Waals surface area contributed by atoms with E-state index in [-0.39, 0.29) is 24.6 Å². The Bertz CT molecular complexity index is 1400. The lowest BCUT2D eigenvalue weighted by Gasteiger charge is -2.13. The molecule has 8 nitrogen and oxygen atoms in total. The van der Waals surface area contributed by atoms with Gasteiger partial charge in [0.05, 0.1) is 11.0 Å². The number of fused-ring (bicyclic) bond motifs is 1. The van der Waals surface area contributed by atoms with Crippen molar-refractivity contribution in [3.63, 3.8) is 0 Å². The van der Waals surface area contributed by atoms with Crippen LogP contribution in [0, 0.1) is 6.92 Å². The molecule has 12 heteroatoms. The summed E-state index contributed by atoms with van der Waals surface area (Å²) in [4.78, 5) is 13.4. The Morgan fingerprint density at radius 2 is 1.88 bits per heavy atom. The van der Waals surface area contributed by atoms with Gasteiger partial charge in [-0.3, -0.25) is 4.98 Å². The molecule has 0 bridgehead atoms. The summed E-state index contributed by atoms with van der Waals surface area (Å²) in [7, 11) is 1.94. The lowest BCUT2D eigenvalue weighted by atomic mass is 10.1. The van der Waals surface area contributed by atoms with Gasteiger partial charge in [-0.05, 0) is 55.5 Å². The standard InChI is InChI=1S/C22H20F3N5O.O2S/c1-4-13-10-14(18-28-20(31-29-18)21(7-8-21)22(23,24)25)11-26-17(13)19-27-15-9-12(2)5-6-16(15)30(19)3;1-3-2/h5-6,9-11H,4,7-8H2,1-3H3;. The van der Waals surface area contributed by atoms with E-state index < -0.39 is 23.2 Å². The SMILES string of the molecule is CCc1cc(-c2noc(C3(C(F)(F)F)CC3)n2)cnc1-c1nc2cc(C)ccc2n1C.O=S=O. The molecule has 0 atom stereocenters. The minimum absolute atomic E-state index is 0.0261. The molecule has 1 aliphatic rings. The third kappa shape index (κ3) is 4.02. The molecule has 178 valence electrons. The highest BCUT2D eigenvalue weighted by molar-refractivity contribution is 7.51. The van der Waals surface area contributed by atoms with Crippen molar-refractivity contribution in [1.82, 2.24) is 24.7 Å². The smallest absolute Gasteiger partial charge is 0.338 e. The second kappa shape index (κ2) is 8.75. The van der Waals surface area contributed by atoms with Crippen molar-refractivity contribution < 1.29 is 26.1 Å². The molecule has 0 spiro atoms. The summed E-state index contributed by atoms with van der Waals surface area (Å²) >= 11 is -0.750. The summed E-state index contributed by atoms with van der Waals surface area (Å²) in [6.45, 7) is 4.00. The van der Waals surface area contributed by atoms with E-state index in [2.05, 4.69) is 15.1 Å². The van der Waals surface area contributed by atoms with Gasteiger partial charge in [-0.1, -0.05) is 18.1 Å². The molecule has 4 aromatic rings. The second-order valence-electron chi connectivity index (χ2n) is 8.14. The van der Waals surface area contributed by atoms with Crippen molar-refractivity contribution in [3.8, 4) is 22.9 Å². The Hall–Kier alpha value is -3.41. The highest BCUT2D eigenvalue weighted by Crippen LogP contribution is 2.58. The van der Waals surface area contributed by atoms with Crippen LogP contribution in [0.5, 0.6) is 0 Å². The third-order valence-electron chi connectivity index (χ3n) is 5.98. The van der Waals surface area contributed by atoms with Gasteiger partial charge >= 0.3 is 17.7 Å². The summed E-state index contributed by atoms with van der Waals surface area (Å²) in [5.74, 6) is 0.467. The average Bonchev–Trinajstić information content (AvgIpc) is 3.37. The molecule has 0 saturated heterocycles. The Morgan fingerprint density at radius 3 is 2.50 bits per heavy atom. The van der Waals surface area contributed by atoms with Gasteiger partial charge in [0.2, 0.25) is 11.7 Å². The lowest BCUT2D eigenvalue weighted by Crippen LogP contribution is -2.28. The van der Waals surface area contributed by atoms with Crippen molar-refractivity contribution in [2.24, 2.45) is 7.05 Å². The normalized spacial score (nSPS) is 14.5. The van der Waals surface area contributed by atoms with Crippen LogP contribution in [0.2, 0.25) is 0 Å². The second-order valence-corrected chi connectivity index (χ2v) is 8.28. The fourth-order valence-electron chi connectivity index (χ4n) is 3.90. The molecule has 1 fully saturated rings. The molecular formula is C22H20F3N5O3S. The van der Waals surface area contributed by atoms with E-state index in [1.165, 1.54) is 0 Å². The van der Waals surface area contributed by atoms with Gasteiger partial charge in [0, 0.05) is 18.8 Å². The summed E-state index contributed by atoms with van der Waals surface area (Å²) in [6, 6.07) is 7.92. The number of aromatic nitrogens is 5. The van der Waals surface area contributed by atoms with Crippen molar-refractivity contribution in [2.45, 2.75) is 44.7 Å². The minimum atomic E-state index is -4.40. The number of alkyl halides is 3. The number of hydrogen-bond donors (Lipinski definition) is 0. The van der Waals surface area contributed by atoms with E-state index in [4.69, 9.17) is 17.9 Å². The molecule has 0 radical (unpaired) electrons. The number of pyridine rings is 1. The van der Waals surface area contributed by atoms with E-state index in [0.29, 0.717) is 12.0 Å². The molecule has 1 aliphatic carbocycles. The van der Waals surface area contributed by atoms with Crippen molar-refractivity contribution in [2.75, 3.05) is 0 Å². The van der Waals surface area contributed by atoms with E-state index in [1.54, 1.807) is 6.20 Å². The van der Waals surface area contributed by atoms with Gasteiger partial charge in [-0.15, -0.1) is 0 Å². The number of nitrogens with zero attached hydrogens (tertiary/aromatic N) is 5. The highest BCUT2D eigenvalue weighted by atomic mass is 32.1. The largest absolute Gasteiger partial charge is 0.403 e. The van der Waals surface area contributed by atoms with Crippen LogP contribution in [0.4, 0.5) is 13.2 Å². The molecule has 1 saturated carbocycles. The lowest BCUT2D eigenvalue weighted by molar-refractivity contribution is -0.166. The molecule has 1 aromatic carbocycles. The molecule has 34 heavy (non-hydrogen) atoms. The predicted octanol–water partition coefficient (Wildman–Crippen LogP) is 4.48. The molecule has 0 unspecified atom stereocenters. The number of aryl methyl sites for hydroxylation is 3. The fraction of sp³-hybridized carbons (Fsp3) is 0.364. The Labute approximate surface area is 195 Å². The Morgan fingerprint density at radius 1 is 1.18 bits per heavy atom. The molecular weight excluding hydrogens is 471 g/mol. The first-order valence-corrected chi connectivity index (χ1v) is 11.1. The zero-order valence-electron chi connectivity index (χ0n) is 18.5. The number of rotatable bonds is 4. The molecule has 0 amide bonds. The highest BCUT2D eigenvalue weighted by Gasteiger charge is 2.68. The van der Waals surface area contributed by atoms with Crippen LogP contribution < -0.4 is 0 Å². The number of halogens is 3. The van der Waals surface area contributed by atoms with Crippen LogP contribution in [0.1, 0.15) is 36.8 Å². The van der Waals surface area contributed by atoms with Crippen LogP contribution in [0.3, 0.4) is 0 Å². The van der Waals surface area contributed by atoms with Crippen LogP contribution in [-0.2, 0) is 30.5 Å². The van der Waals surface area contributed by atoms with Crippen LogP contribution in [-0.4, -0.2) is 39.3 Å². The zero-order valence-corrected chi connectivity index (χ0v) is 19.3. The van der Waals surface area contributed by atoms with Gasteiger partial charge in [0.15, 0.2) is 5.82 Å². The monoisotopic (exact) mass is 491 g/mol. The molecule has 0 aliphatic heterocycles. The van der Waals surface area contributed by atoms with E-state index in [1.807, 2.05) is 49.7 Å². The van der Waals surface area contributed by atoms with E-state index in [9.17, 15) is 13.2 Å². The number of imidazole rings is 1. The topological polar surface area (TPSA) is 104 Å². The van der Waals surface area contributed by atoms with Gasteiger partial charge in [0.25, 0.3) is 0 Å². The molecule has 5 rings (SSSR count). The first-order chi connectivity index (χ1) is 16.1.